The molecular weight excluding hydrogens is 344 g/mol. The van der Waals surface area contributed by atoms with E-state index in [1.807, 2.05) is 12.2 Å². The summed E-state index contributed by atoms with van der Waals surface area (Å²) in [7, 11) is 0. The Morgan fingerprint density at radius 3 is 2.25 bits per heavy atom. The molecule has 28 heavy (non-hydrogen) atoms. The average molecular weight is 391 g/mol. The number of hydrogen-bond acceptors (Lipinski definition) is 2. The maximum absolute atomic E-state index is 9.77. The Balaban J connectivity index is 1.58. The van der Waals surface area contributed by atoms with E-state index < -0.39 is 0 Å². The summed E-state index contributed by atoms with van der Waals surface area (Å²) >= 11 is 0. The van der Waals surface area contributed by atoms with Crippen molar-refractivity contribution in [2.24, 2.45) is 17.8 Å². The van der Waals surface area contributed by atoms with Gasteiger partial charge in [0, 0.05) is 6.42 Å². The molecule has 1 aliphatic heterocycles. The first-order chi connectivity index (χ1) is 13.3. The lowest BCUT2D eigenvalue weighted by Gasteiger charge is -2.38. The predicted octanol–water partition coefficient (Wildman–Crippen LogP) is 7.57. The standard InChI is InChI=1S/C26H46O2/c1-20(2)9-6-10-21(3)11-7-12-22(4)13-8-17-26(5)18-16-23-19-24(27)14-15-25(23)28-26/h14-15,20-22,24,27H,6-13,16-19H2,1-5H3. The highest BCUT2D eigenvalue weighted by Gasteiger charge is 2.33. The minimum absolute atomic E-state index is 0.0177. The molecule has 0 bridgehead atoms. The highest BCUT2D eigenvalue weighted by atomic mass is 16.5. The molecule has 1 N–H and O–H groups in total. The Kier molecular flexibility index (Phi) is 9.60. The smallest absolute Gasteiger partial charge is 0.119 e. The summed E-state index contributed by atoms with van der Waals surface area (Å²) in [6, 6.07) is 0. The molecule has 0 saturated carbocycles. The van der Waals surface area contributed by atoms with E-state index in [1.165, 1.54) is 56.9 Å². The van der Waals surface area contributed by atoms with Crippen LogP contribution in [0, 0.1) is 17.8 Å². The highest BCUT2D eigenvalue weighted by Crippen LogP contribution is 2.39. The van der Waals surface area contributed by atoms with E-state index in [4.69, 9.17) is 4.74 Å². The highest BCUT2D eigenvalue weighted by molar-refractivity contribution is 5.29. The molecule has 0 radical (unpaired) electrons. The molecule has 2 heteroatoms. The summed E-state index contributed by atoms with van der Waals surface area (Å²) < 4.78 is 6.36. The zero-order chi connectivity index (χ0) is 20.6. The van der Waals surface area contributed by atoms with Gasteiger partial charge in [0.2, 0.25) is 0 Å². The number of aliphatic hydroxyl groups excluding tert-OH is 1. The van der Waals surface area contributed by atoms with Gasteiger partial charge >= 0.3 is 0 Å². The summed E-state index contributed by atoms with van der Waals surface area (Å²) in [6.07, 6.45) is 18.6. The van der Waals surface area contributed by atoms with Crippen molar-refractivity contribution in [3.05, 3.63) is 23.5 Å². The van der Waals surface area contributed by atoms with Crippen LogP contribution in [-0.4, -0.2) is 16.8 Å². The third-order valence-electron chi connectivity index (χ3n) is 6.86. The molecule has 2 nitrogen and oxygen atoms in total. The Morgan fingerprint density at radius 2 is 1.61 bits per heavy atom. The van der Waals surface area contributed by atoms with Gasteiger partial charge < -0.3 is 9.84 Å². The number of rotatable bonds is 12. The summed E-state index contributed by atoms with van der Waals surface area (Å²) in [6.45, 7) is 11.8. The Labute approximate surface area is 174 Å². The fourth-order valence-corrected chi connectivity index (χ4v) is 4.78. The van der Waals surface area contributed by atoms with Crippen molar-refractivity contribution < 1.29 is 9.84 Å². The van der Waals surface area contributed by atoms with Gasteiger partial charge in [0.1, 0.15) is 11.4 Å². The van der Waals surface area contributed by atoms with Gasteiger partial charge in [-0.2, -0.15) is 0 Å². The topological polar surface area (TPSA) is 29.5 Å². The van der Waals surface area contributed by atoms with Gasteiger partial charge in [0.25, 0.3) is 0 Å². The second-order valence-corrected chi connectivity index (χ2v) is 10.5. The van der Waals surface area contributed by atoms with Crippen molar-refractivity contribution in [3.63, 3.8) is 0 Å². The number of ether oxygens (including phenoxy) is 1. The average Bonchev–Trinajstić information content (AvgIpc) is 2.61. The van der Waals surface area contributed by atoms with Crippen LogP contribution in [0.2, 0.25) is 0 Å². The van der Waals surface area contributed by atoms with Crippen LogP contribution in [0.25, 0.3) is 0 Å². The third-order valence-corrected chi connectivity index (χ3v) is 6.86. The first-order valence-electron chi connectivity index (χ1n) is 12.0. The minimum atomic E-state index is -0.314. The van der Waals surface area contributed by atoms with Crippen molar-refractivity contribution in [3.8, 4) is 0 Å². The molecule has 1 heterocycles. The van der Waals surface area contributed by atoms with Crippen LogP contribution in [0.15, 0.2) is 23.5 Å². The molecule has 4 unspecified atom stereocenters. The number of allylic oxidation sites excluding steroid dienone is 1. The van der Waals surface area contributed by atoms with Gasteiger partial charge in [-0.25, -0.2) is 0 Å². The van der Waals surface area contributed by atoms with Crippen molar-refractivity contribution in [2.45, 2.75) is 123 Å². The molecule has 0 saturated heterocycles. The first-order valence-corrected chi connectivity index (χ1v) is 12.0. The predicted molar refractivity (Wildman–Crippen MR) is 120 cm³/mol. The Morgan fingerprint density at radius 1 is 1.00 bits per heavy atom. The molecule has 0 fully saturated rings. The summed E-state index contributed by atoms with van der Waals surface area (Å²) in [4.78, 5) is 0. The lowest BCUT2D eigenvalue weighted by atomic mass is 9.84. The summed E-state index contributed by atoms with van der Waals surface area (Å²) in [5.74, 6) is 3.61. The van der Waals surface area contributed by atoms with Crippen LogP contribution >= 0.6 is 0 Å². The monoisotopic (exact) mass is 390 g/mol. The van der Waals surface area contributed by atoms with Gasteiger partial charge in [-0.15, -0.1) is 0 Å². The van der Waals surface area contributed by atoms with E-state index >= 15 is 0 Å². The molecule has 2 aliphatic rings. The molecular formula is C26H46O2. The lowest BCUT2D eigenvalue weighted by molar-refractivity contribution is -0.00998. The fraction of sp³-hybridized carbons (Fsp3) is 0.846. The van der Waals surface area contributed by atoms with Crippen molar-refractivity contribution in [2.75, 3.05) is 0 Å². The fourth-order valence-electron chi connectivity index (χ4n) is 4.78. The molecule has 0 amide bonds. The molecule has 162 valence electrons. The van der Waals surface area contributed by atoms with Gasteiger partial charge in [-0.1, -0.05) is 78.7 Å². The third kappa shape index (κ3) is 8.31. The number of hydrogen-bond donors (Lipinski definition) is 1. The normalized spacial score (nSPS) is 26.9. The van der Waals surface area contributed by atoms with E-state index in [2.05, 4.69) is 34.6 Å². The summed E-state index contributed by atoms with van der Waals surface area (Å²) in [5, 5.41) is 9.77. The minimum Gasteiger partial charge on any atom is -0.488 e. The second kappa shape index (κ2) is 11.4. The van der Waals surface area contributed by atoms with E-state index in [-0.39, 0.29) is 11.7 Å². The first kappa shape index (κ1) is 23.5. The number of aliphatic hydroxyl groups is 1. The summed E-state index contributed by atoms with van der Waals surface area (Å²) in [5.41, 5.74) is 1.29. The van der Waals surface area contributed by atoms with Crippen LogP contribution in [-0.2, 0) is 4.74 Å². The van der Waals surface area contributed by atoms with Crippen LogP contribution in [0.3, 0.4) is 0 Å². The van der Waals surface area contributed by atoms with Crippen LogP contribution < -0.4 is 0 Å². The second-order valence-electron chi connectivity index (χ2n) is 10.5. The van der Waals surface area contributed by atoms with E-state index in [1.54, 1.807) is 0 Å². The van der Waals surface area contributed by atoms with Crippen molar-refractivity contribution in [1.29, 1.82) is 0 Å². The van der Waals surface area contributed by atoms with Crippen LogP contribution in [0.1, 0.15) is 112 Å². The lowest BCUT2D eigenvalue weighted by Crippen LogP contribution is -2.33. The Bertz CT molecular complexity index is 519. The zero-order valence-electron chi connectivity index (χ0n) is 19.3. The molecule has 0 aromatic carbocycles. The van der Waals surface area contributed by atoms with Gasteiger partial charge in [0.15, 0.2) is 0 Å². The van der Waals surface area contributed by atoms with Gasteiger partial charge in [0.05, 0.1) is 6.10 Å². The molecule has 1 aliphatic carbocycles. The quantitative estimate of drug-likeness (QED) is 0.372. The maximum Gasteiger partial charge on any atom is 0.119 e. The molecule has 0 aromatic rings. The molecule has 2 rings (SSSR count). The van der Waals surface area contributed by atoms with Crippen molar-refractivity contribution >= 4 is 0 Å². The Hall–Kier alpha value is -0.760. The maximum atomic E-state index is 9.77. The van der Waals surface area contributed by atoms with Crippen LogP contribution in [0.5, 0.6) is 0 Å². The van der Waals surface area contributed by atoms with E-state index in [9.17, 15) is 5.11 Å². The van der Waals surface area contributed by atoms with E-state index in [0.29, 0.717) is 0 Å². The molecule has 0 aromatic heterocycles. The largest absolute Gasteiger partial charge is 0.488 e. The van der Waals surface area contributed by atoms with Crippen LogP contribution in [0.4, 0.5) is 0 Å². The molecule has 0 spiro atoms. The van der Waals surface area contributed by atoms with E-state index in [0.717, 1.165) is 49.2 Å². The molecule has 4 atom stereocenters. The van der Waals surface area contributed by atoms with Crippen molar-refractivity contribution in [1.82, 2.24) is 0 Å². The SMILES string of the molecule is CC(C)CCCC(C)CCCC(C)CCCC1(C)CCC2=C(C=CC(O)C2)O1. The van der Waals surface area contributed by atoms with Gasteiger partial charge in [-0.3, -0.25) is 0 Å². The zero-order valence-corrected chi connectivity index (χ0v) is 19.3. The van der Waals surface area contributed by atoms with Gasteiger partial charge in [-0.05, 0) is 62.0 Å².